The summed E-state index contributed by atoms with van der Waals surface area (Å²) in [6.45, 7) is 11.2. The van der Waals surface area contributed by atoms with E-state index in [-0.39, 0.29) is 24.5 Å². The number of benzene rings is 5. The third kappa shape index (κ3) is 10.6. The first-order valence-electron chi connectivity index (χ1n) is 20.5. The van der Waals surface area contributed by atoms with Crippen LogP contribution in [0.4, 0.5) is 0 Å². The lowest BCUT2D eigenvalue weighted by Gasteiger charge is -2.42. The first-order valence-corrected chi connectivity index (χ1v) is 21.3. The Morgan fingerprint density at radius 1 is 0.902 bits per heavy atom. The van der Waals surface area contributed by atoms with Crippen molar-refractivity contribution in [3.63, 3.8) is 0 Å². The van der Waals surface area contributed by atoms with Crippen LogP contribution in [0.1, 0.15) is 78.3 Å². The zero-order chi connectivity index (χ0) is 43.0. The Morgan fingerprint density at radius 2 is 1.62 bits per heavy atom. The molecular weight excluding hydrogens is 807 g/mol. The van der Waals surface area contributed by atoms with Crippen LogP contribution in [0.25, 0.3) is 5.57 Å². The van der Waals surface area contributed by atoms with Crippen LogP contribution >= 0.6 is 23.2 Å². The molecule has 2 heterocycles. The van der Waals surface area contributed by atoms with E-state index in [1.807, 2.05) is 111 Å². The van der Waals surface area contributed by atoms with Crippen LogP contribution in [0.5, 0.6) is 17.2 Å². The van der Waals surface area contributed by atoms with Crippen LogP contribution in [-0.4, -0.2) is 40.6 Å². The number of hydrogen-bond donors (Lipinski definition) is 2. The lowest BCUT2D eigenvalue weighted by molar-refractivity contribution is -0.143. The molecule has 0 saturated carbocycles. The predicted octanol–water partition coefficient (Wildman–Crippen LogP) is 11.3. The molecule has 7 rings (SSSR count). The number of rotatable bonds is 15. The van der Waals surface area contributed by atoms with Crippen molar-refractivity contribution in [1.82, 2.24) is 10.2 Å². The summed E-state index contributed by atoms with van der Waals surface area (Å²) in [5.74, 6) is 0.530. The Bertz CT molecular complexity index is 2430. The molecule has 4 atom stereocenters. The van der Waals surface area contributed by atoms with Crippen LogP contribution in [0.3, 0.4) is 0 Å². The van der Waals surface area contributed by atoms with Crippen molar-refractivity contribution in [1.29, 1.82) is 0 Å². The van der Waals surface area contributed by atoms with Gasteiger partial charge in [-0.25, -0.2) is 4.79 Å². The average molecular weight is 858 g/mol. The number of hydrogen-bond acceptors (Lipinski definition) is 6. The number of nitrogens with zero attached hydrogens (tertiary/aromatic N) is 1. The van der Waals surface area contributed by atoms with Gasteiger partial charge in [0.15, 0.2) is 17.6 Å². The monoisotopic (exact) mass is 856 g/mol. The molecule has 0 radical (unpaired) electrons. The van der Waals surface area contributed by atoms with E-state index < -0.39 is 18.1 Å². The largest absolute Gasteiger partial charge is 0.489 e. The number of nitrogens with one attached hydrogen (secondary N) is 1. The van der Waals surface area contributed by atoms with Crippen molar-refractivity contribution in [2.45, 2.75) is 77.4 Å². The van der Waals surface area contributed by atoms with E-state index >= 15 is 0 Å². The van der Waals surface area contributed by atoms with Crippen LogP contribution < -0.4 is 19.5 Å². The lowest BCUT2D eigenvalue weighted by atomic mass is 9.89. The first-order chi connectivity index (χ1) is 29.5. The number of carbonyl (C=O) groups excluding carboxylic acids is 1. The average Bonchev–Trinajstić information content (AvgIpc) is 3.26. The van der Waals surface area contributed by atoms with Crippen molar-refractivity contribution in [2.24, 2.45) is 0 Å². The molecule has 0 spiro atoms. The maximum Gasteiger partial charge on any atom is 0.326 e. The van der Waals surface area contributed by atoms with Gasteiger partial charge in [-0.3, -0.25) is 9.69 Å². The Balaban J connectivity index is 1.08. The number of ether oxygens (including phenoxy) is 3. The number of halogens is 2. The molecule has 0 saturated heterocycles. The second kappa shape index (κ2) is 19.7. The molecule has 2 aliphatic heterocycles. The quantitative estimate of drug-likeness (QED) is 0.101. The normalized spacial score (nSPS) is 17.0. The van der Waals surface area contributed by atoms with E-state index in [1.54, 1.807) is 18.2 Å². The van der Waals surface area contributed by atoms with Gasteiger partial charge in [0.05, 0.1) is 16.1 Å². The fourth-order valence-corrected chi connectivity index (χ4v) is 8.21. The minimum atomic E-state index is -1.13. The van der Waals surface area contributed by atoms with Crippen LogP contribution in [0.15, 0.2) is 140 Å². The van der Waals surface area contributed by atoms with Gasteiger partial charge in [0.1, 0.15) is 25.0 Å². The van der Waals surface area contributed by atoms with E-state index in [0.717, 1.165) is 50.9 Å². The topological polar surface area (TPSA) is 97.3 Å². The molecule has 0 aromatic heterocycles. The maximum absolute atomic E-state index is 14.4. The predicted molar refractivity (Wildman–Crippen MR) is 242 cm³/mol. The number of aliphatic carboxylic acids is 1. The number of carboxylic acid groups (broad SMARTS) is 1. The molecule has 0 fully saturated rings. The molecule has 2 N–H and O–H groups in total. The minimum absolute atomic E-state index is 0.0993. The molecule has 0 bridgehead atoms. The van der Waals surface area contributed by atoms with E-state index in [1.165, 1.54) is 5.57 Å². The van der Waals surface area contributed by atoms with Gasteiger partial charge in [-0.05, 0) is 108 Å². The zero-order valence-corrected chi connectivity index (χ0v) is 36.1. The third-order valence-corrected chi connectivity index (χ3v) is 11.9. The molecule has 2 aliphatic rings. The third-order valence-electron chi connectivity index (χ3n) is 11.2. The molecule has 8 nitrogen and oxygen atoms in total. The summed E-state index contributed by atoms with van der Waals surface area (Å²) in [6, 6.07) is 33.2. The summed E-state index contributed by atoms with van der Waals surface area (Å²) in [7, 11) is 0. The van der Waals surface area contributed by atoms with Gasteiger partial charge in [-0.1, -0.05) is 133 Å². The van der Waals surface area contributed by atoms with Gasteiger partial charge in [0.25, 0.3) is 0 Å². The van der Waals surface area contributed by atoms with E-state index in [0.29, 0.717) is 53.5 Å². The molecule has 314 valence electrons. The summed E-state index contributed by atoms with van der Waals surface area (Å²) in [4.78, 5) is 29.3. The van der Waals surface area contributed by atoms with Gasteiger partial charge < -0.3 is 24.6 Å². The highest BCUT2D eigenvalue weighted by molar-refractivity contribution is 6.42. The van der Waals surface area contributed by atoms with Gasteiger partial charge in [0.2, 0.25) is 5.91 Å². The van der Waals surface area contributed by atoms with Gasteiger partial charge in [0, 0.05) is 19.0 Å². The minimum Gasteiger partial charge on any atom is -0.489 e. The number of fused-ring (bicyclic) bond motifs is 2. The highest BCUT2D eigenvalue weighted by atomic mass is 35.5. The smallest absolute Gasteiger partial charge is 0.326 e. The molecule has 0 unspecified atom stereocenters. The van der Waals surface area contributed by atoms with Crippen LogP contribution in [0, 0.1) is 0 Å². The molecule has 0 aliphatic carbocycles. The number of allylic oxidation sites excluding steroid dienone is 5. The first kappa shape index (κ1) is 43.3. The van der Waals surface area contributed by atoms with Crippen LogP contribution in [0.2, 0.25) is 10.0 Å². The van der Waals surface area contributed by atoms with E-state index in [9.17, 15) is 14.7 Å². The maximum atomic E-state index is 14.4. The lowest BCUT2D eigenvalue weighted by Crippen LogP contribution is -2.55. The SMILES string of the molecule is C=C/C(=C\C=C(C)C)c1ccc(C[C@H](NC(=O)[C@@H]2Cc3cc4c(cc3CN2[C@@H](CC)c2ccccc2)O[C@@H](c2ccc(OCc3ccc(Cl)c(Cl)c3)cc2)CO4)C(=O)O)cc1. The van der Waals surface area contributed by atoms with Crippen molar-refractivity contribution in [3.8, 4) is 17.2 Å². The van der Waals surface area contributed by atoms with Crippen LogP contribution in [-0.2, 0) is 35.6 Å². The standard InChI is InChI=1S/C51H50Cl2N2O6/c1-5-35(16-12-32(3)4)36-17-13-33(14-18-36)25-44(51(57)58)54-50(56)46-26-39-27-47-48(28-40(39)29-55(46)45(6-2)37-10-8-7-9-11-37)61-49(31-60-47)38-19-21-41(22-20-38)59-30-34-15-23-42(52)43(53)24-34/h5,7-24,27-28,44-46,49H,1,6,25-26,29-31H2,2-4H3,(H,54,56)(H,57,58)/b35-16+/t44-,45-,46-,49+/m0/s1. The van der Waals surface area contributed by atoms with Crippen molar-refractivity contribution >= 4 is 40.7 Å². The molecule has 1 amide bonds. The van der Waals surface area contributed by atoms with E-state index in [2.05, 4.69) is 35.9 Å². The summed E-state index contributed by atoms with van der Waals surface area (Å²) in [5, 5.41) is 14.3. The Hall–Kier alpha value is -5.80. The summed E-state index contributed by atoms with van der Waals surface area (Å²) < 4.78 is 18.9. The summed E-state index contributed by atoms with van der Waals surface area (Å²) in [6.07, 6.45) is 6.75. The van der Waals surface area contributed by atoms with Crippen molar-refractivity contribution < 1.29 is 28.9 Å². The van der Waals surface area contributed by atoms with Crippen molar-refractivity contribution in [3.05, 3.63) is 189 Å². The molecule has 61 heavy (non-hydrogen) atoms. The summed E-state index contributed by atoms with van der Waals surface area (Å²) >= 11 is 12.2. The highest BCUT2D eigenvalue weighted by Gasteiger charge is 2.38. The van der Waals surface area contributed by atoms with E-state index in [4.69, 9.17) is 37.4 Å². The van der Waals surface area contributed by atoms with Gasteiger partial charge in [-0.15, -0.1) is 0 Å². The number of carbonyl (C=O) groups is 2. The fourth-order valence-electron chi connectivity index (χ4n) is 7.89. The second-order valence-electron chi connectivity index (χ2n) is 15.7. The van der Waals surface area contributed by atoms with Gasteiger partial charge in [-0.2, -0.15) is 0 Å². The number of amides is 1. The Morgan fingerprint density at radius 3 is 2.30 bits per heavy atom. The zero-order valence-electron chi connectivity index (χ0n) is 34.6. The molecule has 5 aromatic rings. The highest BCUT2D eigenvalue weighted by Crippen LogP contribution is 2.42. The van der Waals surface area contributed by atoms with Crippen molar-refractivity contribution in [2.75, 3.05) is 6.61 Å². The second-order valence-corrected chi connectivity index (χ2v) is 16.5. The molecule has 5 aromatic carbocycles. The number of carboxylic acids is 1. The molecule has 10 heteroatoms. The molecular formula is C51H50Cl2N2O6. The fraction of sp³-hybridized carbons (Fsp3) is 0.255. The Labute approximate surface area is 368 Å². The Kier molecular flexibility index (Phi) is 14.0. The summed E-state index contributed by atoms with van der Waals surface area (Å²) in [5.41, 5.74) is 8.84. The van der Waals surface area contributed by atoms with Gasteiger partial charge >= 0.3 is 5.97 Å².